The maximum atomic E-state index is 10.5. The van der Waals surface area contributed by atoms with E-state index >= 15 is 0 Å². The Bertz CT molecular complexity index is 208. The molecule has 0 aromatic carbocycles. The molecule has 1 heterocycles. The number of carboxylic acid groups (broad SMARTS) is 1. The van der Waals surface area contributed by atoms with Crippen molar-refractivity contribution in [1.82, 2.24) is 10.2 Å². The lowest BCUT2D eigenvalue weighted by Crippen LogP contribution is -2.44. The molecule has 1 aliphatic heterocycles. The second kappa shape index (κ2) is 4.28. The first-order chi connectivity index (χ1) is 6.74. The van der Waals surface area contributed by atoms with Crippen molar-refractivity contribution in [3.05, 3.63) is 0 Å². The van der Waals surface area contributed by atoms with Gasteiger partial charge in [0.2, 0.25) is 0 Å². The molecule has 0 radical (unpaired) electrons. The number of likely N-dealkylation sites (tertiary alicyclic amines) is 1. The summed E-state index contributed by atoms with van der Waals surface area (Å²) in [7, 11) is 0. The van der Waals surface area contributed by atoms with Crippen molar-refractivity contribution in [2.75, 3.05) is 19.6 Å². The fourth-order valence-corrected chi connectivity index (χ4v) is 2.03. The van der Waals surface area contributed by atoms with Crippen molar-refractivity contribution < 1.29 is 9.90 Å². The van der Waals surface area contributed by atoms with Gasteiger partial charge < -0.3 is 10.4 Å². The van der Waals surface area contributed by atoms with Crippen molar-refractivity contribution in [2.24, 2.45) is 0 Å². The Hall–Kier alpha value is -0.610. The fraction of sp³-hybridized carbons (Fsp3) is 0.900. The van der Waals surface area contributed by atoms with Crippen LogP contribution < -0.4 is 5.32 Å². The zero-order valence-electron chi connectivity index (χ0n) is 8.41. The van der Waals surface area contributed by atoms with Crippen LogP contribution in [-0.2, 0) is 4.79 Å². The second-order valence-corrected chi connectivity index (χ2v) is 4.39. The molecule has 0 aromatic heterocycles. The summed E-state index contributed by atoms with van der Waals surface area (Å²) in [6, 6.07) is 1.40. The molecule has 1 aliphatic carbocycles. The quantitative estimate of drug-likeness (QED) is 0.681. The van der Waals surface area contributed by atoms with Gasteiger partial charge >= 0.3 is 5.97 Å². The summed E-state index contributed by atoms with van der Waals surface area (Å²) in [5.41, 5.74) is 0. The molecule has 4 heteroatoms. The van der Waals surface area contributed by atoms with Gasteiger partial charge in [-0.15, -0.1) is 0 Å². The minimum Gasteiger partial charge on any atom is -0.480 e. The molecule has 2 rings (SSSR count). The molecule has 1 saturated carbocycles. The minimum atomic E-state index is -0.710. The average Bonchev–Trinajstić information content (AvgIpc) is 2.91. The van der Waals surface area contributed by atoms with Gasteiger partial charge in [-0.05, 0) is 25.7 Å². The molecule has 4 nitrogen and oxygen atoms in total. The van der Waals surface area contributed by atoms with E-state index in [1.807, 2.05) is 4.90 Å². The zero-order chi connectivity index (χ0) is 9.97. The van der Waals surface area contributed by atoms with Crippen LogP contribution in [-0.4, -0.2) is 47.7 Å². The van der Waals surface area contributed by atoms with Crippen molar-refractivity contribution in [3.63, 3.8) is 0 Å². The molecule has 0 bridgehead atoms. The standard InChI is InChI=1S/C10H18N2O2/c13-10(14)7-12-5-3-9(4-6-12)11-8-1-2-8/h8-9,11H,1-7H2,(H,13,14). The van der Waals surface area contributed by atoms with Crippen LogP contribution in [0.4, 0.5) is 0 Å². The zero-order valence-corrected chi connectivity index (χ0v) is 8.41. The normalized spacial score (nSPS) is 25.1. The van der Waals surface area contributed by atoms with Crippen LogP contribution in [0.2, 0.25) is 0 Å². The van der Waals surface area contributed by atoms with Crippen molar-refractivity contribution in [2.45, 2.75) is 37.8 Å². The van der Waals surface area contributed by atoms with E-state index in [0.29, 0.717) is 6.04 Å². The van der Waals surface area contributed by atoms with Gasteiger partial charge in [-0.3, -0.25) is 9.69 Å². The molecule has 2 N–H and O–H groups in total. The van der Waals surface area contributed by atoms with Gasteiger partial charge in [0, 0.05) is 25.2 Å². The van der Waals surface area contributed by atoms with E-state index in [0.717, 1.165) is 32.0 Å². The van der Waals surface area contributed by atoms with E-state index < -0.39 is 5.97 Å². The molecular formula is C10H18N2O2. The number of carbonyl (C=O) groups is 1. The van der Waals surface area contributed by atoms with Crippen LogP contribution in [0.5, 0.6) is 0 Å². The van der Waals surface area contributed by atoms with Crippen LogP contribution in [0.25, 0.3) is 0 Å². The van der Waals surface area contributed by atoms with Crippen molar-refractivity contribution in [3.8, 4) is 0 Å². The summed E-state index contributed by atoms with van der Waals surface area (Å²) < 4.78 is 0. The van der Waals surface area contributed by atoms with E-state index in [2.05, 4.69) is 5.32 Å². The lowest BCUT2D eigenvalue weighted by molar-refractivity contribution is -0.138. The molecule has 0 atom stereocenters. The summed E-state index contributed by atoms with van der Waals surface area (Å²) in [5, 5.41) is 12.2. The maximum absolute atomic E-state index is 10.5. The molecule has 0 aromatic rings. The predicted molar refractivity (Wildman–Crippen MR) is 53.3 cm³/mol. The third-order valence-electron chi connectivity index (χ3n) is 3.00. The smallest absolute Gasteiger partial charge is 0.317 e. The first-order valence-electron chi connectivity index (χ1n) is 5.44. The molecule has 1 saturated heterocycles. The van der Waals surface area contributed by atoms with Crippen LogP contribution in [0.1, 0.15) is 25.7 Å². The number of nitrogens with zero attached hydrogens (tertiary/aromatic N) is 1. The van der Waals surface area contributed by atoms with Gasteiger partial charge in [0.25, 0.3) is 0 Å². The number of hydrogen-bond acceptors (Lipinski definition) is 3. The highest BCUT2D eigenvalue weighted by Crippen LogP contribution is 2.22. The molecular weight excluding hydrogens is 180 g/mol. The second-order valence-electron chi connectivity index (χ2n) is 4.39. The highest BCUT2D eigenvalue weighted by atomic mass is 16.4. The van der Waals surface area contributed by atoms with Gasteiger partial charge in [-0.2, -0.15) is 0 Å². The Morgan fingerprint density at radius 1 is 1.21 bits per heavy atom. The van der Waals surface area contributed by atoms with Crippen molar-refractivity contribution >= 4 is 5.97 Å². The third-order valence-corrected chi connectivity index (χ3v) is 3.00. The SMILES string of the molecule is O=C(O)CN1CCC(NC2CC2)CC1. The largest absolute Gasteiger partial charge is 0.480 e. The Labute approximate surface area is 84.3 Å². The lowest BCUT2D eigenvalue weighted by Gasteiger charge is -2.31. The molecule has 2 fully saturated rings. The van der Waals surface area contributed by atoms with E-state index in [9.17, 15) is 4.79 Å². The summed E-state index contributed by atoms with van der Waals surface area (Å²) >= 11 is 0. The molecule has 0 spiro atoms. The summed E-state index contributed by atoms with van der Waals surface area (Å²) in [6.45, 7) is 2.06. The molecule has 80 valence electrons. The Balaban J connectivity index is 1.66. The Morgan fingerprint density at radius 3 is 2.29 bits per heavy atom. The van der Waals surface area contributed by atoms with Gasteiger partial charge in [-0.25, -0.2) is 0 Å². The number of nitrogens with one attached hydrogen (secondary N) is 1. The highest BCUT2D eigenvalue weighted by molar-refractivity contribution is 5.69. The first-order valence-corrected chi connectivity index (χ1v) is 5.44. The molecule has 2 aliphatic rings. The monoisotopic (exact) mass is 198 g/mol. The maximum Gasteiger partial charge on any atom is 0.317 e. The van der Waals surface area contributed by atoms with Crippen LogP contribution in [0, 0.1) is 0 Å². The summed E-state index contributed by atoms with van der Waals surface area (Å²) in [6.07, 6.45) is 4.86. The lowest BCUT2D eigenvalue weighted by atomic mass is 10.1. The van der Waals surface area contributed by atoms with E-state index in [-0.39, 0.29) is 6.54 Å². The first kappa shape index (κ1) is 9.93. The number of carboxylic acids is 1. The molecule has 14 heavy (non-hydrogen) atoms. The highest BCUT2D eigenvalue weighted by Gasteiger charge is 2.27. The van der Waals surface area contributed by atoms with Crippen LogP contribution in [0.3, 0.4) is 0 Å². The number of hydrogen-bond donors (Lipinski definition) is 2. The fourth-order valence-electron chi connectivity index (χ4n) is 2.03. The van der Waals surface area contributed by atoms with Gasteiger partial charge in [0.1, 0.15) is 0 Å². The van der Waals surface area contributed by atoms with Gasteiger partial charge in [0.15, 0.2) is 0 Å². The number of aliphatic carboxylic acids is 1. The van der Waals surface area contributed by atoms with E-state index in [4.69, 9.17) is 5.11 Å². The Kier molecular flexibility index (Phi) is 3.03. The third kappa shape index (κ3) is 2.96. The Morgan fingerprint density at radius 2 is 1.79 bits per heavy atom. The predicted octanol–water partition coefficient (Wildman–Crippen LogP) is 0.287. The summed E-state index contributed by atoms with van der Waals surface area (Å²) in [5.74, 6) is -0.710. The molecule has 0 amide bonds. The van der Waals surface area contributed by atoms with Crippen LogP contribution >= 0.6 is 0 Å². The minimum absolute atomic E-state index is 0.205. The van der Waals surface area contributed by atoms with E-state index in [1.54, 1.807) is 0 Å². The number of piperidine rings is 1. The van der Waals surface area contributed by atoms with Gasteiger partial charge in [-0.1, -0.05) is 0 Å². The number of rotatable bonds is 4. The average molecular weight is 198 g/mol. The summed E-state index contributed by atoms with van der Waals surface area (Å²) in [4.78, 5) is 12.5. The van der Waals surface area contributed by atoms with Crippen LogP contribution in [0.15, 0.2) is 0 Å². The molecule has 0 unspecified atom stereocenters. The van der Waals surface area contributed by atoms with Crippen molar-refractivity contribution in [1.29, 1.82) is 0 Å². The van der Waals surface area contributed by atoms with E-state index in [1.165, 1.54) is 12.8 Å². The topological polar surface area (TPSA) is 52.6 Å². The van der Waals surface area contributed by atoms with Gasteiger partial charge in [0.05, 0.1) is 6.54 Å².